The SMILES string of the molecule is Cc1cc(F)ccc1N1CCCC(NC(=O)C(N)c2ccccc2)C1.Cl.Cl. The Bertz CT molecular complexity index is 745. The normalized spacial score (nSPS) is 17.3. The van der Waals surface area contributed by atoms with Crippen LogP contribution in [0.2, 0.25) is 0 Å². The monoisotopic (exact) mass is 413 g/mol. The van der Waals surface area contributed by atoms with Crippen molar-refractivity contribution in [3.8, 4) is 0 Å². The highest BCUT2D eigenvalue weighted by molar-refractivity contribution is 5.85. The molecule has 0 radical (unpaired) electrons. The fourth-order valence-corrected chi connectivity index (χ4v) is 3.39. The van der Waals surface area contributed by atoms with Crippen molar-refractivity contribution >= 4 is 36.4 Å². The number of nitrogens with zero attached hydrogens (tertiary/aromatic N) is 1. The van der Waals surface area contributed by atoms with Gasteiger partial charge in [-0.2, -0.15) is 0 Å². The molecule has 2 unspecified atom stereocenters. The number of carbonyl (C=O) groups excluding carboxylic acids is 1. The second kappa shape index (κ2) is 10.5. The summed E-state index contributed by atoms with van der Waals surface area (Å²) in [5.74, 6) is -0.383. The second-order valence-electron chi connectivity index (χ2n) is 6.61. The maximum Gasteiger partial charge on any atom is 0.241 e. The van der Waals surface area contributed by atoms with Crippen LogP contribution in [0.4, 0.5) is 10.1 Å². The number of rotatable bonds is 4. The average molecular weight is 414 g/mol. The van der Waals surface area contributed by atoms with Gasteiger partial charge in [0.15, 0.2) is 0 Å². The highest BCUT2D eigenvalue weighted by Gasteiger charge is 2.25. The number of halogens is 3. The van der Waals surface area contributed by atoms with E-state index in [-0.39, 0.29) is 42.6 Å². The predicted molar refractivity (Wildman–Crippen MR) is 112 cm³/mol. The van der Waals surface area contributed by atoms with Gasteiger partial charge in [0, 0.05) is 24.8 Å². The molecular weight excluding hydrogens is 388 g/mol. The lowest BCUT2D eigenvalue weighted by atomic mass is 10.0. The molecule has 7 heteroatoms. The topological polar surface area (TPSA) is 58.4 Å². The summed E-state index contributed by atoms with van der Waals surface area (Å²) in [6.45, 7) is 3.52. The number of hydrogen-bond donors (Lipinski definition) is 2. The summed E-state index contributed by atoms with van der Waals surface area (Å²) in [6.07, 6.45) is 1.90. The molecule has 27 heavy (non-hydrogen) atoms. The van der Waals surface area contributed by atoms with E-state index in [1.54, 1.807) is 6.07 Å². The van der Waals surface area contributed by atoms with Gasteiger partial charge < -0.3 is 16.0 Å². The van der Waals surface area contributed by atoms with Crippen molar-refractivity contribution in [2.45, 2.75) is 31.8 Å². The zero-order valence-electron chi connectivity index (χ0n) is 15.2. The Kier molecular flexibility index (Phi) is 9.03. The summed E-state index contributed by atoms with van der Waals surface area (Å²) < 4.78 is 13.3. The van der Waals surface area contributed by atoms with E-state index in [9.17, 15) is 9.18 Å². The highest BCUT2D eigenvalue weighted by Crippen LogP contribution is 2.24. The highest BCUT2D eigenvalue weighted by atomic mass is 35.5. The van der Waals surface area contributed by atoms with Gasteiger partial charge in [0.05, 0.1) is 0 Å². The fourth-order valence-electron chi connectivity index (χ4n) is 3.39. The van der Waals surface area contributed by atoms with Gasteiger partial charge in [-0.3, -0.25) is 4.79 Å². The zero-order valence-corrected chi connectivity index (χ0v) is 16.9. The summed E-state index contributed by atoms with van der Waals surface area (Å²) in [4.78, 5) is 14.7. The number of hydrogen-bond acceptors (Lipinski definition) is 3. The number of benzene rings is 2. The van der Waals surface area contributed by atoms with E-state index in [2.05, 4.69) is 10.2 Å². The van der Waals surface area contributed by atoms with Crippen molar-refractivity contribution in [3.05, 3.63) is 65.5 Å². The van der Waals surface area contributed by atoms with Crippen LogP contribution in [0.5, 0.6) is 0 Å². The largest absolute Gasteiger partial charge is 0.369 e. The lowest BCUT2D eigenvalue weighted by Crippen LogP contribution is -2.50. The minimum Gasteiger partial charge on any atom is -0.369 e. The van der Waals surface area contributed by atoms with Crippen molar-refractivity contribution in [2.75, 3.05) is 18.0 Å². The Labute approximate surface area is 172 Å². The third-order valence-electron chi connectivity index (χ3n) is 4.71. The summed E-state index contributed by atoms with van der Waals surface area (Å²) >= 11 is 0. The number of piperidine rings is 1. The van der Waals surface area contributed by atoms with E-state index < -0.39 is 6.04 Å². The first-order valence-corrected chi connectivity index (χ1v) is 8.66. The molecule has 1 amide bonds. The average Bonchev–Trinajstić information content (AvgIpc) is 2.62. The Balaban J connectivity index is 0.00000182. The van der Waals surface area contributed by atoms with Crippen molar-refractivity contribution in [3.63, 3.8) is 0 Å². The molecule has 3 rings (SSSR count). The van der Waals surface area contributed by atoms with Gasteiger partial charge in [0.2, 0.25) is 5.91 Å². The molecule has 0 spiro atoms. The molecule has 1 aliphatic heterocycles. The van der Waals surface area contributed by atoms with Crippen LogP contribution in [0.3, 0.4) is 0 Å². The van der Waals surface area contributed by atoms with Crippen molar-refractivity contribution < 1.29 is 9.18 Å². The van der Waals surface area contributed by atoms with Crippen LogP contribution in [0.15, 0.2) is 48.5 Å². The number of aryl methyl sites for hydroxylation is 1. The van der Waals surface area contributed by atoms with E-state index in [4.69, 9.17) is 5.73 Å². The number of anilines is 1. The molecule has 1 aliphatic rings. The van der Waals surface area contributed by atoms with Crippen LogP contribution in [0.25, 0.3) is 0 Å². The summed E-state index contributed by atoms with van der Waals surface area (Å²) in [5, 5.41) is 3.07. The first kappa shape index (κ1) is 23.2. The minimum atomic E-state index is -0.663. The lowest BCUT2D eigenvalue weighted by molar-refractivity contribution is -0.123. The molecule has 148 valence electrons. The summed E-state index contributed by atoms with van der Waals surface area (Å²) in [7, 11) is 0. The third kappa shape index (κ3) is 5.83. The van der Waals surface area contributed by atoms with Crippen molar-refractivity contribution in [2.24, 2.45) is 5.73 Å². The standard InChI is InChI=1S/C20H24FN3O.2ClH/c1-14-12-16(21)9-10-18(14)24-11-5-8-17(13-24)23-20(25)19(22)15-6-3-2-4-7-15;;/h2-4,6-7,9-10,12,17,19H,5,8,11,13,22H2,1H3,(H,23,25);2*1H. The maximum absolute atomic E-state index is 13.3. The van der Waals surface area contributed by atoms with Crippen LogP contribution in [-0.2, 0) is 4.79 Å². The van der Waals surface area contributed by atoms with E-state index in [0.717, 1.165) is 36.2 Å². The quantitative estimate of drug-likeness (QED) is 0.801. The number of amides is 1. The molecule has 1 heterocycles. The van der Waals surface area contributed by atoms with Gasteiger partial charge in [0.1, 0.15) is 11.9 Å². The van der Waals surface area contributed by atoms with Crippen molar-refractivity contribution in [1.29, 1.82) is 0 Å². The molecule has 0 saturated carbocycles. The molecule has 0 aliphatic carbocycles. The molecule has 0 aromatic heterocycles. The van der Waals surface area contributed by atoms with Crippen LogP contribution in [0.1, 0.15) is 30.0 Å². The van der Waals surface area contributed by atoms with Gasteiger partial charge >= 0.3 is 0 Å². The maximum atomic E-state index is 13.3. The Hall–Kier alpha value is -1.82. The van der Waals surface area contributed by atoms with Crippen LogP contribution in [0, 0.1) is 12.7 Å². The van der Waals surface area contributed by atoms with Crippen LogP contribution >= 0.6 is 24.8 Å². The number of nitrogens with one attached hydrogen (secondary N) is 1. The fraction of sp³-hybridized carbons (Fsp3) is 0.350. The molecule has 2 aromatic rings. The van der Waals surface area contributed by atoms with Gasteiger partial charge in [-0.15, -0.1) is 24.8 Å². The molecule has 2 aromatic carbocycles. The zero-order chi connectivity index (χ0) is 17.8. The molecule has 3 N–H and O–H groups in total. The molecule has 1 saturated heterocycles. The van der Waals surface area contributed by atoms with Gasteiger partial charge in [-0.05, 0) is 49.1 Å². The number of nitrogens with two attached hydrogens (primary N) is 1. The van der Waals surface area contributed by atoms with Gasteiger partial charge in [-0.25, -0.2) is 4.39 Å². The molecule has 2 atom stereocenters. The molecule has 4 nitrogen and oxygen atoms in total. The second-order valence-corrected chi connectivity index (χ2v) is 6.61. The molecule has 1 fully saturated rings. The van der Waals surface area contributed by atoms with E-state index in [1.807, 2.05) is 43.3 Å². The Morgan fingerprint density at radius 3 is 2.59 bits per heavy atom. The first-order chi connectivity index (χ1) is 12.0. The van der Waals surface area contributed by atoms with Gasteiger partial charge in [0.25, 0.3) is 0 Å². The third-order valence-corrected chi connectivity index (χ3v) is 4.71. The number of carbonyl (C=O) groups is 1. The summed E-state index contributed by atoms with van der Waals surface area (Å²) in [5.41, 5.74) is 8.81. The summed E-state index contributed by atoms with van der Waals surface area (Å²) in [6, 6.07) is 13.6. The lowest BCUT2D eigenvalue weighted by Gasteiger charge is -2.36. The smallest absolute Gasteiger partial charge is 0.241 e. The van der Waals surface area contributed by atoms with Gasteiger partial charge in [-0.1, -0.05) is 30.3 Å². The first-order valence-electron chi connectivity index (χ1n) is 8.66. The minimum absolute atomic E-state index is 0. The van der Waals surface area contributed by atoms with Crippen LogP contribution < -0.4 is 16.0 Å². The van der Waals surface area contributed by atoms with Crippen molar-refractivity contribution in [1.82, 2.24) is 5.32 Å². The Morgan fingerprint density at radius 1 is 1.22 bits per heavy atom. The van der Waals surface area contributed by atoms with E-state index in [1.165, 1.54) is 6.07 Å². The molecular formula is C20H26Cl2FN3O. The van der Waals surface area contributed by atoms with Crippen LogP contribution in [-0.4, -0.2) is 25.0 Å². The van der Waals surface area contributed by atoms with E-state index >= 15 is 0 Å². The molecule has 0 bridgehead atoms. The predicted octanol–water partition coefficient (Wildman–Crippen LogP) is 3.76. The Morgan fingerprint density at radius 2 is 1.93 bits per heavy atom. The van der Waals surface area contributed by atoms with E-state index in [0.29, 0.717) is 6.54 Å².